The van der Waals surface area contributed by atoms with E-state index in [-0.39, 0.29) is 89.0 Å². The number of carbonyl (C=O) groups is 11. The summed E-state index contributed by atoms with van der Waals surface area (Å²) in [4.78, 5) is 147. The Balaban J connectivity index is 0.000000264. The Hall–Kier alpha value is -10.1. The molecule has 112 heavy (non-hydrogen) atoms. The summed E-state index contributed by atoms with van der Waals surface area (Å²) >= 11 is 0. The molecule has 3 fully saturated rings. The van der Waals surface area contributed by atoms with Gasteiger partial charge < -0.3 is 76.9 Å². The molecule has 26 nitrogen and oxygen atoms in total. The Morgan fingerprint density at radius 3 is 1.29 bits per heavy atom. The van der Waals surface area contributed by atoms with Gasteiger partial charge in [-0.15, -0.1) is 0 Å². The molecule has 0 radical (unpaired) electrons. The predicted molar refractivity (Wildman–Crippen MR) is 409 cm³/mol. The summed E-state index contributed by atoms with van der Waals surface area (Å²) < 4.78 is 85.7. The van der Waals surface area contributed by atoms with Crippen molar-refractivity contribution in [1.29, 1.82) is 0 Å². The van der Waals surface area contributed by atoms with Crippen molar-refractivity contribution in [3.05, 3.63) is 150 Å². The summed E-state index contributed by atoms with van der Waals surface area (Å²) in [6.07, 6.45) is -7.58. The molecule has 0 aromatic heterocycles. The molecular weight excluding hydrogens is 1460 g/mol. The van der Waals surface area contributed by atoms with Gasteiger partial charge in [-0.3, -0.25) is 52.7 Å². The number of likely N-dealkylation sites (N-methyl/N-ethyl adjacent to an activating group) is 3. The number of benzene rings is 5. The molecule has 3 saturated heterocycles. The van der Waals surface area contributed by atoms with Crippen LogP contribution in [0.3, 0.4) is 0 Å². The van der Waals surface area contributed by atoms with Crippen LogP contribution in [-0.2, 0) is 76.9 Å². The molecule has 9 atom stereocenters. The summed E-state index contributed by atoms with van der Waals surface area (Å²) in [5.74, 6) is -8.96. The number of carboxylic acids is 1. The van der Waals surface area contributed by atoms with Crippen LogP contribution in [0.4, 0.5) is 32.0 Å². The van der Waals surface area contributed by atoms with Crippen molar-refractivity contribution in [2.45, 2.75) is 179 Å². The lowest BCUT2D eigenvalue weighted by molar-refractivity contribution is -0.186. The first kappa shape index (κ1) is 90.8. The number of carboxylic acid groups (broad SMARTS) is 1. The number of nitrogens with two attached hydrogens (primary N) is 1. The zero-order valence-electron chi connectivity index (χ0n) is 64.9. The Morgan fingerprint density at radius 2 is 0.893 bits per heavy atom. The normalized spacial score (nSPS) is 17.2. The number of hydrogen-bond donors (Lipinski definition) is 8. The zero-order valence-corrected chi connectivity index (χ0v) is 64.9. The Bertz CT molecular complexity index is 3950. The van der Waals surface area contributed by atoms with Gasteiger partial charge in [-0.25, -0.2) is 0 Å². The maximum atomic E-state index is 13.7. The first-order valence-corrected chi connectivity index (χ1v) is 37.5. The molecule has 5 aromatic carbocycles. The average molecular weight is 1570 g/mol. The first-order valence-electron chi connectivity index (χ1n) is 37.5. The van der Waals surface area contributed by atoms with Gasteiger partial charge in [-0.1, -0.05) is 142 Å². The number of halogens is 6. The quantitative estimate of drug-likeness (QED) is 0.0173. The second-order valence-electron chi connectivity index (χ2n) is 29.1. The van der Waals surface area contributed by atoms with Crippen molar-refractivity contribution >= 4 is 81.6 Å². The molecule has 9 N–H and O–H groups in total. The number of aliphatic carboxylic acids is 1. The third kappa shape index (κ3) is 27.4. The standard InChI is InChI=1S/C30H37F3N4O5.C27H39N5O3.C23H31F3N4O5/c1-21(34-2)27(39)35-25(18-26(38)42-20-23-12-7-4-8-13-23)28(40)37-16-9-14-24(37)19-36(29(41)30(31,32)33)17-15-22-10-5-3-6-11-22;1-18(29-5)25(34)30-24(27(2,3)4)26(35)31-14-8-11-22(31)17-32(23(33)16-28)21-13-12-19-9-6-7-10-20(19)15-21;1-15(27-2)20(33)28-18(13-19(31)32)21(34)30-11-6-9-17(30)14-29(22(35)23(24,25)26)12-10-16-7-4-3-5-8-16/h3-8,10-13,21,24-25,34H,9,14-20H2,1-2H3,(H,35,39);6-7,9-10,12-13,15,18,22,24,29H,8,11,14,16-17,28H2,1-5H3,(H,30,34);3-5,7-8,15,17-18,27H,6,9-14H2,1-2H3,(H,28,33)(H,31,32)/t21-,24-,25-;18-,22-,24+;15-,17-,18-/m000/s1. The van der Waals surface area contributed by atoms with E-state index in [1.807, 2.05) is 74.2 Å². The molecule has 0 bridgehead atoms. The minimum Gasteiger partial charge on any atom is -0.481 e. The first-order chi connectivity index (χ1) is 53.0. The third-order valence-corrected chi connectivity index (χ3v) is 19.9. The van der Waals surface area contributed by atoms with Crippen LogP contribution in [0, 0.1) is 5.41 Å². The number of ether oxygens (including phenoxy) is 1. The van der Waals surface area contributed by atoms with Crippen molar-refractivity contribution in [1.82, 2.24) is 56.4 Å². The third-order valence-electron chi connectivity index (χ3n) is 19.9. The number of amides is 9. The molecule has 0 aliphatic carbocycles. The van der Waals surface area contributed by atoms with E-state index in [1.54, 1.807) is 118 Å². The molecule has 8 rings (SSSR count). The maximum absolute atomic E-state index is 13.7. The molecule has 0 saturated carbocycles. The number of carbonyl (C=O) groups excluding carboxylic acids is 10. The van der Waals surface area contributed by atoms with Crippen molar-refractivity contribution in [3.63, 3.8) is 0 Å². The summed E-state index contributed by atoms with van der Waals surface area (Å²) in [7, 11) is 4.80. The van der Waals surface area contributed by atoms with Gasteiger partial charge >= 0.3 is 36.1 Å². The van der Waals surface area contributed by atoms with Gasteiger partial charge in [0.2, 0.25) is 41.4 Å². The van der Waals surface area contributed by atoms with E-state index in [1.165, 1.54) is 23.8 Å². The van der Waals surface area contributed by atoms with Gasteiger partial charge in [-0.05, 0) is 138 Å². The van der Waals surface area contributed by atoms with Crippen molar-refractivity contribution in [3.8, 4) is 0 Å². The van der Waals surface area contributed by atoms with Crippen LogP contribution >= 0.6 is 0 Å². The summed E-state index contributed by atoms with van der Waals surface area (Å²) in [5.41, 5.74) is 8.33. The lowest BCUT2D eigenvalue weighted by Crippen LogP contribution is -2.59. The topological polar surface area (TPSA) is 335 Å². The average Bonchev–Trinajstić information content (AvgIpc) is 1.74. The van der Waals surface area contributed by atoms with Gasteiger partial charge in [0.15, 0.2) is 0 Å². The number of anilines is 1. The monoisotopic (exact) mass is 1570 g/mol. The van der Waals surface area contributed by atoms with E-state index in [2.05, 4.69) is 31.9 Å². The van der Waals surface area contributed by atoms with E-state index in [0.29, 0.717) is 43.7 Å². The van der Waals surface area contributed by atoms with E-state index in [0.717, 1.165) is 50.9 Å². The highest BCUT2D eigenvalue weighted by Crippen LogP contribution is 2.31. The number of hydrogen-bond acceptors (Lipinski definition) is 16. The van der Waals surface area contributed by atoms with Crippen molar-refractivity contribution in [2.75, 3.05) is 84.9 Å². The van der Waals surface area contributed by atoms with Crippen LogP contribution in [0.15, 0.2) is 133 Å². The SMILES string of the molecule is CN[C@@H](C)C(=O)N[C@@H](CC(=O)O)C(=O)N1CCC[C@H]1CN(CCc1ccccc1)C(=O)C(F)(F)F.CN[C@@H](C)C(=O)N[C@@H](CC(=O)OCc1ccccc1)C(=O)N1CCC[C@H]1CN(CCc1ccccc1)C(=O)C(F)(F)F.CN[C@@H](C)C(=O)N[C@H](C(=O)N1CCC[C@H]1CN(C(=O)CN)c1ccc2ccccc2c1)C(C)(C)C. The maximum Gasteiger partial charge on any atom is 0.471 e. The van der Waals surface area contributed by atoms with E-state index in [9.17, 15) is 84.2 Å². The minimum absolute atomic E-state index is 0.0241. The predicted octanol–water partition coefficient (Wildman–Crippen LogP) is 6.28. The van der Waals surface area contributed by atoms with E-state index < -0.39 is 126 Å². The molecule has 3 aliphatic heterocycles. The van der Waals surface area contributed by atoms with Crippen molar-refractivity contribution < 1.29 is 88.9 Å². The molecule has 3 heterocycles. The van der Waals surface area contributed by atoms with Gasteiger partial charge in [0.25, 0.3) is 0 Å². The summed E-state index contributed by atoms with van der Waals surface area (Å²) in [5, 5.41) is 27.7. The van der Waals surface area contributed by atoms with Crippen LogP contribution in [-0.4, -0.2) is 241 Å². The van der Waals surface area contributed by atoms with Crippen molar-refractivity contribution in [2.24, 2.45) is 11.1 Å². The molecule has 3 aliphatic rings. The Kier molecular flexibility index (Phi) is 35.0. The van der Waals surface area contributed by atoms with Gasteiger partial charge in [-0.2, -0.15) is 26.3 Å². The number of rotatable bonds is 32. The minimum atomic E-state index is -5.08. The lowest BCUT2D eigenvalue weighted by Gasteiger charge is -2.37. The fraction of sp³-hybridized carbons (Fsp3) is 0.512. The fourth-order valence-corrected chi connectivity index (χ4v) is 13.2. The second-order valence-corrected chi connectivity index (χ2v) is 29.1. The molecule has 0 unspecified atom stereocenters. The highest BCUT2D eigenvalue weighted by molar-refractivity contribution is 5.98. The summed E-state index contributed by atoms with van der Waals surface area (Å²) in [6.45, 7) is 10.9. The number of fused-ring (bicyclic) bond motifs is 1. The molecule has 5 aromatic rings. The van der Waals surface area contributed by atoms with Gasteiger partial charge in [0, 0.05) is 76.2 Å². The largest absolute Gasteiger partial charge is 0.481 e. The number of nitrogens with zero attached hydrogens (tertiary/aromatic N) is 6. The van der Waals surface area contributed by atoms with Crippen LogP contribution in [0.5, 0.6) is 0 Å². The van der Waals surface area contributed by atoms with Crippen LogP contribution in [0.2, 0.25) is 0 Å². The Morgan fingerprint density at radius 1 is 0.509 bits per heavy atom. The molecule has 9 amide bonds. The van der Waals surface area contributed by atoms with E-state index >= 15 is 0 Å². The molecule has 32 heteroatoms. The van der Waals surface area contributed by atoms with Gasteiger partial charge in [0.05, 0.1) is 37.5 Å². The van der Waals surface area contributed by atoms with Crippen LogP contribution in [0.25, 0.3) is 10.8 Å². The fourth-order valence-electron chi connectivity index (χ4n) is 13.2. The zero-order chi connectivity index (χ0) is 82.6. The number of nitrogens with one attached hydrogen (secondary N) is 6. The number of esters is 1. The van der Waals surface area contributed by atoms with E-state index in [4.69, 9.17) is 10.5 Å². The number of likely N-dealkylation sites (tertiary alicyclic amines) is 3. The molecular formula is C80H107F6N13O13. The second kappa shape index (κ2) is 43.1. The Labute approximate surface area is 649 Å². The van der Waals surface area contributed by atoms with Gasteiger partial charge in [0.1, 0.15) is 24.7 Å². The summed E-state index contributed by atoms with van der Waals surface area (Å²) in [6, 6.07) is 33.7. The number of alkyl halides is 6. The highest BCUT2D eigenvalue weighted by atomic mass is 19.4. The lowest BCUT2D eigenvalue weighted by atomic mass is 9.85. The van der Waals surface area contributed by atoms with Crippen LogP contribution in [0.1, 0.15) is 110 Å². The molecule has 0 spiro atoms. The smallest absolute Gasteiger partial charge is 0.471 e. The van der Waals surface area contributed by atoms with Crippen LogP contribution < -0.4 is 42.5 Å². The molecule has 612 valence electrons. The highest BCUT2D eigenvalue weighted by Gasteiger charge is 2.47.